The molecule has 1 aromatic heterocycles. The first-order chi connectivity index (χ1) is 14.6. The molecular formula is C23H26N4O3. The molecular weight excluding hydrogens is 380 g/mol. The summed E-state index contributed by atoms with van der Waals surface area (Å²) < 4.78 is 7.15. The molecule has 2 heterocycles. The van der Waals surface area contributed by atoms with E-state index >= 15 is 0 Å². The van der Waals surface area contributed by atoms with Crippen molar-refractivity contribution in [2.24, 2.45) is 0 Å². The zero-order valence-electron chi connectivity index (χ0n) is 17.3. The Morgan fingerprint density at radius 2 is 1.90 bits per heavy atom. The number of ether oxygens (including phenoxy) is 1. The van der Waals surface area contributed by atoms with Gasteiger partial charge in [0.1, 0.15) is 5.75 Å². The van der Waals surface area contributed by atoms with Gasteiger partial charge in [-0.1, -0.05) is 12.1 Å². The highest BCUT2D eigenvalue weighted by Crippen LogP contribution is 2.23. The number of nitrogens with one attached hydrogen (secondary N) is 1. The molecule has 0 bridgehead atoms. The minimum absolute atomic E-state index is 0.0130. The summed E-state index contributed by atoms with van der Waals surface area (Å²) in [4.78, 5) is 31.8. The normalized spacial score (nSPS) is 14.7. The molecule has 1 N–H and O–H groups in total. The summed E-state index contributed by atoms with van der Waals surface area (Å²) in [7, 11) is 0. The van der Waals surface area contributed by atoms with E-state index in [9.17, 15) is 9.59 Å². The highest BCUT2D eigenvalue weighted by molar-refractivity contribution is 5.89. The van der Waals surface area contributed by atoms with Crippen LogP contribution in [-0.2, 0) is 0 Å². The Bertz CT molecular complexity index is 1100. The monoisotopic (exact) mass is 406 g/mol. The molecule has 3 aromatic rings. The van der Waals surface area contributed by atoms with Gasteiger partial charge in [0, 0.05) is 24.8 Å². The lowest BCUT2D eigenvalue weighted by Crippen LogP contribution is -2.42. The molecule has 0 unspecified atom stereocenters. The van der Waals surface area contributed by atoms with Crippen LogP contribution < -0.4 is 15.6 Å². The summed E-state index contributed by atoms with van der Waals surface area (Å²) in [5.74, 6) is 0.779. The maximum Gasteiger partial charge on any atom is 0.321 e. The lowest BCUT2D eigenvalue weighted by Gasteiger charge is -2.32. The predicted octanol–water partition coefficient (Wildman–Crippen LogP) is 3.97. The maximum absolute atomic E-state index is 12.9. The van der Waals surface area contributed by atoms with E-state index < -0.39 is 0 Å². The Hall–Kier alpha value is -3.35. The van der Waals surface area contributed by atoms with E-state index in [2.05, 4.69) is 10.3 Å². The van der Waals surface area contributed by atoms with Crippen molar-refractivity contribution in [2.45, 2.75) is 32.7 Å². The predicted molar refractivity (Wildman–Crippen MR) is 117 cm³/mol. The van der Waals surface area contributed by atoms with Crippen LogP contribution in [0.2, 0.25) is 0 Å². The molecule has 0 saturated carbocycles. The number of carbonyl (C=O) groups is 1. The van der Waals surface area contributed by atoms with Crippen LogP contribution in [0.4, 0.5) is 10.5 Å². The Morgan fingerprint density at radius 3 is 2.60 bits per heavy atom. The van der Waals surface area contributed by atoms with E-state index in [4.69, 9.17) is 4.74 Å². The van der Waals surface area contributed by atoms with Gasteiger partial charge in [-0.05, 0) is 62.6 Å². The second-order valence-corrected chi connectivity index (χ2v) is 7.53. The number of aryl methyl sites for hydroxylation is 1. The van der Waals surface area contributed by atoms with Gasteiger partial charge in [-0.15, -0.1) is 0 Å². The van der Waals surface area contributed by atoms with E-state index in [1.165, 1.54) is 0 Å². The van der Waals surface area contributed by atoms with Crippen molar-refractivity contribution in [1.82, 2.24) is 14.5 Å². The second-order valence-electron chi connectivity index (χ2n) is 7.53. The number of benzene rings is 2. The largest absolute Gasteiger partial charge is 0.494 e. The van der Waals surface area contributed by atoms with Gasteiger partial charge in [-0.2, -0.15) is 0 Å². The molecule has 0 radical (unpaired) electrons. The zero-order chi connectivity index (χ0) is 21.1. The average Bonchev–Trinajstić information content (AvgIpc) is 2.76. The smallest absolute Gasteiger partial charge is 0.321 e. The lowest BCUT2D eigenvalue weighted by atomic mass is 10.0. The number of fused-ring (bicyclic) bond motifs is 1. The number of likely N-dealkylation sites (tertiary alicyclic amines) is 1. The van der Waals surface area contributed by atoms with Crippen LogP contribution in [0.15, 0.2) is 53.6 Å². The Morgan fingerprint density at radius 1 is 1.17 bits per heavy atom. The van der Waals surface area contributed by atoms with E-state index in [1.54, 1.807) is 15.8 Å². The van der Waals surface area contributed by atoms with Crippen LogP contribution >= 0.6 is 0 Å². The zero-order valence-corrected chi connectivity index (χ0v) is 17.3. The molecule has 7 heteroatoms. The summed E-state index contributed by atoms with van der Waals surface area (Å²) in [6.45, 7) is 5.68. The first kappa shape index (κ1) is 19.9. The molecule has 0 atom stereocenters. The van der Waals surface area contributed by atoms with Gasteiger partial charge in [-0.25, -0.2) is 9.78 Å². The molecule has 1 fully saturated rings. The summed E-state index contributed by atoms with van der Waals surface area (Å²) in [5, 5.41) is 3.57. The fourth-order valence-electron chi connectivity index (χ4n) is 3.93. The van der Waals surface area contributed by atoms with Gasteiger partial charge in [0.25, 0.3) is 5.56 Å². The van der Waals surface area contributed by atoms with Crippen LogP contribution in [-0.4, -0.2) is 40.2 Å². The highest BCUT2D eigenvalue weighted by Gasteiger charge is 2.25. The van der Waals surface area contributed by atoms with E-state index in [-0.39, 0.29) is 17.6 Å². The molecule has 7 nitrogen and oxygen atoms in total. The Kier molecular flexibility index (Phi) is 5.70. The number of amides is 2. The van der Waals surface area contributed by atoms with Gasteiger partial charge in [0.2, 0.25) is 0 Å². The summed E-state index contributed by atoms with van der Waals surface area (Å²) in [6.07, 6.45) is 3.09. The molecule has 1 saturated heterocycles. The van der Waals surface area contributed by atoms with Crippen molar-refractivity contribution in [1.29, 1.82) is 0 Å². The topological polar surface area (TPSA) is 76.5 Å². The van der Waals surface area contributed by atoms with Gasteiger partial charge in [0.15, 0.2) is 0 Å². The Labute approximate surface area is 175 Å². The first-order valence-corrected chi connectivity index (χ1v) is 10.3. The van der Waals surface area contributed by atoms with Gasteiger partial charge >= 0.3 is 6.03 Å². The summed E-state index contributed by atoms with van der Waals surface area (Å²) in [5.41, 5.74) is 2.47. The molecule has 2 amide bonds. The second kappa shape index (κ2) is 8.57. The number of carbonyl (C=O) groups excluding carboxylic acids is 1. The van der Waals surface area contributed by atoms with Crippen molar-refractivity contribution < 1.29 is 9.53 Å². The van der Waals surface area contributed by atoms with Gasteiger partial charge < -0.3 is 15.0 Å². The number of para-hydroxylation sites is 1. The average molecular weight is 406 g/mol. The van der Waals surface area contributed by atoms with Crippen LogP contribution in [0.1, 0.15) is 31.4 Å². The van der Waals surface area contributed by atoms with Crippen molar-refractivity contribution in [3.8, 4) is 5.75 Å². The molecule has 4 rings (SSSR count). The number of hydrogen-bond donors (Lipinski definition) is 1. The number of piperidine rings is 1. The van der Waals surface area contributed by atoms with Crippen molar-refractivity contribution in [3.05, 3.63) is 64.7 Å². The summed E-state index contributed by atoms with van der Waals surface area (Å²) >= 11 is 0. The number of rotatable bonds is 4. The Balaban J connectivity index is 1.40. The van der Waals surface area contributed by atoms with Crippen molar-refractivity contribution in [2.75, 3.05) is 25.0 Å². The molecule has 2 aromatic carbocycles. The number of anilines is 1. The molecule has 156 valence electrons. The van der Waals surface area contributed by atoms with Crippen LogP contribution in [0.3, 0.4) is 0 Å². The third kappa shape index (κ3) is 4.01. The van der Waals surface area contributed by atoms with Crippen LogP contribution in [0, 0.1) is 6.92 Å². The molecule has 1 aliphatic heterocycles. The fourth-order valence-corrected chi connectivity index (χ4v) is 3.93. The fraction of sp³-hybridized carbons (Fsp3) is 0.348. The van der Waals surface area contributed by atoms with Gasteiger partial charge in [-0.3, -0.25) is 9.36 Å². The van der Waals surface area contributed by atoms with E-state index in [1.807, 2.05) is 56.3 Å². The van der Waals surface area contributed by atoms with Crippen LogP contribution in [0.25, 0.3) is 10.9 Å². The number of aromatic nitrogens is 2. The van der Waals surface area contributed by atoms with E-state index in [0.29, 0.717) is 25.1 Å². The van der Waals surface area contributed by atoms with Crippen molar-refractivity contribution >= 4 is 22.6 Å². The number of urea groups is 1. The third-order valence-corrected chi connectivity index (χ3v) is 5.58. The molecule has 30 heavy (non-hydrogen) atoms. The number of nitrogens with zero attached hydrogens (tertiary/aromatic N) is 3. The summed E-state index contributed by atoms with van der Waals surface area (Å²) in [6, 6.07) is 12.9. The number of hydrogen-bond acceptors (Lipinski definition) is 4. The standard InChI is InChI=1S/C23H26N4O3/c1-3-30-19-9-7-17(8-10-19)25-23(29)26-13-11-18(12-14-26)27-15-24-21-16(2)5-4-6-20(21)22(27)28/h4-10,15,18H,3,11-14H2,1-2H3,(H,25,29). The minimum Gasteiger partial charge on any atom is -0.494 e. The molecule has 1 aliphatic rings. The quantitative estimate of drug-likeness (QED) is 0.711. The molecule has 0 spiro atoms. The van der Waals surface area contributed by atoms with E-state index in [0.717, 1.165) is 35.4 Å². The van der Waals surface area contributed by atoms with Crippen molar-refractivity contribution in [3.63, 3.8) is 0 Å². The maximum atomic E-state index is 12.9. The first-order valence-electron chi connectivity index (χ1n) is 10.3. The molecule has 0 aliphatic carbocycles. The lowest BCUT2D eigenvalue weighted by molar-refractivity contribution is 0.182. The minimum atomic E-state index is -0.128. The van der Waals surface area contributed by atoms with Crippen LogP contribution in [0.5, 0.6) is 5.75 Å². The highest BCUT2D eigenvalue weighted by atomic mass is 16.5. The third-order valence-electron chi connectivity index (χ3n) is 5.58. The SMILES string of the molecule is CCOc1ccc(NC(=O)N2CCC(n3cnc4c(C)cccc4c3=O)CC2)cc1. The van der Waals surface area contributed by atoms with Gasteiger partial charge in [0.05, 0.1) is 23.8 Å².